The number of fused-ring (bicyclic) bond motifs is 3. The van der Waals surface area contributed by atoms with Gasteiger partial charge in [-0.05, 0) is 54.4 Å². The van der Waals surface area contributed by atoms with Gasteiger partial charge in [0.25, 0.3) is 0 Å². The number of aromatic amines is 1. The smallest absolute Gasteiger partial charge is 0.140 e. The van der Waals surface area contributed by atoms with Crippen LogP contribution < -0.4 is 14.4 Å². The second kappa shape index (κ2) is 7.78. The summed E-state index contributed by atoms with van der Waals surface area (Å²) in [7, 11) is 1.67. The number of hydrogen-bond acceptors (Lipinski definition) is 6. The predicted molar refractivity (Wildman–Crippen MR) is 129 cm³/mol. The third kappa shape index (κ3) is 3.51. The van der Waals surface area contributed by atoms with Crippen molar-refractivity contribution in [3.63, 3.8) is 0 Å². The van der Waals surface area contributed by atoms with Crippen molar-refractivity contribution in [2.75, 3.05) is 25.2 Å². The fourth-order valence-electron chi connectivity index (χ4n) is 4.45. The van der Waals surface area contributed by atoms with E-state index in [1.54, 1.807) is 7.11 Å². The number of anilines is 1. The lowest BCUT2D eigenvalue weighted by molar-refractivity contribution is 0.331. The Morgan fingerprint density at radius 2 is 1.88 bits per heavy atom. The number of H-pyrrole nitrogens is 1. The number of methoxy groups -OCH3 is 1. The van der Waals surface area contributed by atoms with Crippen LogP contribution in [0.1, 0.15) is 11.4 Å². The van der Waals surface area contributed by atoms with Gasteiger partial charge in [-0.1, -0.05) is 12.1 Å². The number of aryl methyl sites for hydroxylation is 1. The van der Waals surface area contributed by atoms with Gasteiger partial charge in [0.05, 0.1) is 30.9 Å². The van der Waals surface area contributed by atoms with Crippen molar-refractivity contribution in [3.8, 4) is 22.6 Å². The van der Waals surface area contributed by atoms with Crippen LogP contribution in [0.25, 0.3) is 32.9 Å². The van der Waals surface area contributed by atoms with Crippen LogP contribution in [0.5, 0.6) is 11.5 Å². The summed E-state index contributed by atoms with van der Waals surface area (Å²) >= 11 is 0. The van der Waals surface area contributed by atoms with Crippen molar-refractivity contribution in [1.29, 1.82) is 0 Å². The minimum absolute atomic E-state index is 0.591. The normalized spacial score (nSPS) is 13.6. The highest BCUT2D eigenvalue weighted by Crippen LogP contribution is 2.34. The minimum atomic E-state index is 0.591. The molecule has 164 valence electrons. The fourth-order valence-corrected chi connectivity index (χ4v) is 4.45. The quantitative estimate of drug-likeness (QED) is 0.433. The first-order valence-corrected chi connectivity index (χ1v) is 10.9. The molecule has 7 heteroatoms. The molecule has 3 aromatic carbocycles. The molecule has 33 heavy (non-hydrogen) atoms. The van der Waals surface area contributed by atoms with E-state index in [9.17, 15) is 0 Å². The summed E-state index contributed by atoms with van der Waals surface area (Å²) in [5.41, 5.74) is 5.35. The number of nitrogens with one attached hydrogen (secondary N) is 1. The molecule has 0 bridgehead atoms. The molecule has 0 radical (unpaired) electrons. The lowest BCUT2D eigenvalue weighted by Gasteiger charge is -2.23. The molecule has 3 heterocycles. The van der Waals surface area contributed by atoms with Gasteiger partial charge in [0.15, 0.2) is 0 Å². The van der Waals surface area contributed by atoms with E-state index in [-0.39, 0.29) is 0 Å². The van der Waals surface area contributed by atoms with E-state index in [1.807, 2.05) is 31.3 Å². The van der Waals surface area contributed by atoms with Gasteiger partial charge in [-0.15, -0.1) is 0 Å². The largest absolute Gasteiger partial charge is 0.497 e. The summed E-state index contributed by atoms with van der Waals surface area (Å²) in [6, 6.07) is 18.7. The lowest BCUT2D eigenvalue weighted by atomic mass is 10.0. The van der Waals surface area contributed by atoms with E-state index in [2.05, 4.69) is 56.5 Å². The van der Waals surface area contributed by atoms with Gasteiger partial charge in [0.2, 0.25) is 0 Å². The summed E-state index contributed by atoms with van der Waals surface area (Å²) in [6.07, 6.45) is 1.85. The Hall–Kier alpha value is -4.13. The second-order valence-electron chi connectivity index (χ2n) is 8.24. The Bertz CT molecular complexity index is 1490. The molecule has 0 unspecified atom stereocenters. The Balaban J connectivity index is 1.40. The van der Waals surface area contributed by atoms with Gasteiger partial charge < -0.3 is 14.4 Å². The van der Waals surface area contributed by atoms with Crippen LogP contribution >= 0.6 is 0 Å². The molecular formula is C26H23N5O2. The molecular weight excluding hydrogens is 414 g/mol. The van der Waals surface area contributed by atoms with Gasteiger partial charge in [-0.2, -0.15) is 5.10 Å². The van der Waals surface area contributed by atoms with Crippen LogP contribution in [0.15, 0.2) is 60.8 Å². The Morgan fingerprint density at radius 3 is 2.79 bits per heavy atom. The molecule has 0 fully saturated rings. The van der Waals surface area contributed by atoms with Gasteiger partial charge in [-0.3, -0.25) is 5.10 Å². The van der Waals surface area contributed by atoms with Crippen LogP contribution in [-0.4, -0.2) is 40.4 Å². The molecule has 5 aromatic rings. The first-order chi connectivity index (χ1) is 16.2. The molecule has 0 spiro atoms. The van der Waals surface area contributed by atoms with Gasteiger partial charge in [0.1, 0.15) is 29.7 Å². The van der Waals surface area contributed by atoms with Crippen molar-refractivity contribution in [2.24, 2.45) is 0 Å². The molecule has 0 atom stereocenters. The highest BCUT2D eigenvalue weighted by molar-refractivity contribution is 5.90. The van der Waals surface area contributed by atoms with Crippen LogP contribution in [0.3, 0.4) is 0 Å². The average molecular weight is 438 g/mol. The molecule has 7 nitrogen and oxygen atoms in total. The molecule has 2 aromatic heterocycles. The van der Waals surface area contributed by atoms with E-state index < -0.39 is 0 Å². The Morgan fingerprint density at radius 1 is 1.00 bits per heavy atom. The van der Waals surface area contributed by atoms with Gasteiger partial charge >= 0.3 is 0 Å². The maximum absolute atomic E-state index is 6.11. The van der Waals surface area contributed by atoms with E-state index in [4.69, 9.17) is 14.5 Å². The molecule has 0 saturated heterocycles. The minimum Gasteiger partial charge on any atom is -0.497 e. The standard InChI is InChI=1S/C26H23N5O2/c1-16-28-24-13-21(32-2)5-6-22(24)26(29-16)31-9-10-33-25-8-4-18(12-20(25)15-31)17-3-7-23-19(11-17)14-27-30-23/h3-8,11-14H,9-10,15H2,1-2H3,(H,27,30). The third-order valence-electron chi connectivity index (χ3n) is 6.11. The number of rotatable bonds is 3. The number of aromatic nitrogens is 4. The zero-order valence-corrected chi connectivity index (χ0v) is 18.5. The van der Waals surface area contributed by atoms with Crippen molar-refractivity contribution in [2.45, 2.75) is 13.5 Å². The first kappa shape index (κ1) is 19.5. The van der Waals surface area contributed by atoms with Crippen molar-refractivity contribution in [1.82, 2.24) is 20.2 Å². The molecule has 0 saturated carbocycles. The number of hydrogen-bond donors (Lipinski definition) is 1. The molecule has 6 rings (SSSR count). The number of ether oxygens (including phenoxy) is 2. The van der Waals surface area contributed by atoms with Crippen molar-refractivity contribution >= 4 is 27.6 Å². The van der Waals surface area contributed by atoms with E-state index in [0.717, 1.165) is 68.2 Å². The van der Waals surface area contributed by atoms with Crippen LogP contribution in [0.2, 0.25) is 0 Å². The van der Waals surface area contributed by atoms with E-state index in [0.29, 0.717) is 13.2 Å². The average Bonchev–Trinajstić information content (AvgIpc) is 3.20. The first-order valence-electron chi connectivity index (χ1n) is 10.9. The number of nitrogens with zero attached hydrogens (tertiary/aromatic N) is 4. The van der Waals surface area contributed by atoms with Crippen LogP contribution in [0, 0.1) is 6.92 Å². The maximum atomic E-state index is 6.11. The SMILES string of the molecule is COc1ccc2c(N3CCOc4ccc(-c5ccc6[nH]ncc6c5)cc4C3)nc(C)nc2c1. The highest BCUT2D eigenvalue weighted by Gasteiger charge is 2.20. The van der Waals surface area contributed by atoms with E-state index >= 15 is 0 Å². The second-order valence-corrected chi connectivity index (χ2v) is 8.24. The molecule has 1 aliphatic rings. The molecule has 0 aliphatic carbocycles. The lowest BCUT2D eigenvalue weighted by Crippen LogP contribution is -2.26. The number of benzene rings is 3. The Kier molecular flexibility index (Phi) is 4.61. The molecule has 1 N–H and O–H groups in total. The van der Waals surface area contributed by atoms with E-state index in [1.165, 1.54) is 0 Å². The highest BCUT2D eigenvalue weighted by atomic mass is 16.5. The van der Waals surface area contributed by atoms with Crippen LogP contribution in [-0.2, 0) is 6.54 Å². The van der Waals surface area contributed by atoms with Gasteiger partial charge in [0, 0.05) is 28.9 Å². The maximum Gasteiger partial charge on any atom is 0.140 e. The molecule has 0 amide bonds. The zero-order chi connectivity index (χ0) is 22.4. The molecule has 1 aliphatic heterocycles. The summed E-state index contributed by atoms with van der Waals surface area (Å²) in [6.45, 7) is 3.96. The van der Waals surface area contributed by atoms with Crippen molar-refractivity contribution < 1.29 is 9.47 Å². The summed E-state index contributed by atoms with van der Waals surface area (Å²) in [4.78, 5) is 11.7. The fraction of sp³-hybridized carbons (Fsp3) is 0.192. The summed E-state index contributed by atoms with van der Waals surface area (Å²) in [5, 5.41) is 9.25. The van der Waals surface area contributed by atoms with Gasteiger partial charge in [-0.25, -0.2) is 9.97 Å². The van der Waals surface area contributed by atoms with Crippen molar-refractivity contribution in [3.05, 3.63) is 72.2 Å². The summed E-state index contributed by atoms with van der Waals surface area (Å²) < 4.78 is 11.5. The Labute approximate surface area is 191 Å². The van der Waals surface area contributed by atoms with Crippen LogP contribution in [0.4, 0.5) is 5.82 Å². The summed E-state index contributed by atoms with van der Waals surface area (Å²) in [5.74, 6) is 3.36. The zero-order valence-electron chi connectivity index (χ0n) is 18.5. The monoisotopic (exact) mass is 437 g/mol. The topological polar surface area (TPSA) is 76.2 Å². The third-order valence-corrected chi connectivity index (χ3v) is 6.11. The predicted octanol–water partition coefficient (Wildman–Crippen LogP) is 4.89.